The highest BCUT2D eigenvalue weighted by atomic mass is 16.5. The fourth-order valence-corrected chi connectivity index (χ4v) is 1.89. The number of rotatable bonds is 6. The molecule has 0 saturated heterocycles. The van der Waals surface area contributed by atoms with Gasteiger partial charge in [0.25, 0.3) is 0 Å². The van der Waals surface area contributed by atoms with Crippen LogP contribution < -0.4 is 9.47 Å². The Labute approximate surface area is 134 Å². The highest BCUT2D eigenvalue weighted by molar-refractivity contribution is 6.01. The van der Waals surface area contributed by atoms with Crippen LogP contribution in [0, 0.1) is 0 Å². The molecule has 6 nitrogen and oxygen atoms in total. The minimum Gasteiger partial charge on any atom is -0.497 e. The predicted octanol–water partition coefficient (Wildman–Crippen LogP) is 2.53. The second-order valence-corrected chi connectivity index (χ2v) is 4.73. The quantitative estimate of drug-likeness (QED) is 0.602. The number of Topliss-reactive ketones (excluding diaryl/α,β-unsaturated/α-hetero) is 1. The number of aromatic nitrogens is 1. The number of benzene rings is 1. The fourth-order valence-electron chi connectivity index (χ4n) is 1.89. The van der Waals surface area contributed by atoms with E-state index < -0.39 is 12.1 Å². The van der Waals surface area contributed by atoms with E-state index in [1.54, 1.807) is 37.4 Å². The molecule has 0 bridgehead atoms. The lowest BCUT2D eigenvalue weighted by Crippen LogP contribution is -2.24. The molecule has 0 aliphatic rings. The van der Waals surface area contributed by atoms with Crippen molar-refractivity contribution in [3.63, 3.8) is 0 Å². The van der Waals surface area contributed by atoms with Crippen molar-refractivity contribution in [3.8, 4) is 11.6 Å². The van der Waals surface area contributed by atoms with Gasteiger partial charge in [-0.05, 0) is 37.3 Å². The summed E-state index contributed by atoms with van der Waals surface area (Å²) in [7, 11) is 3.03. The summed E-state index contributed by atoms with van der Waals surface area (Å²) in [6.07, 6.45) is 0.434. The van der Waals surface area contributed by atoms with E-state index in [9.17, 15) is 9.59 Å². The maximum absolute atomic E-state index is 12.3. The summed E-state index contributed by atoms with van der Waals surface area (Å²) in [4.78, 5) is 28.2. The number of carbonyl (C=O) groups excluding carboxylic acids is 2. The predicted molar refractivity (Wildman–Crippen MR) is 83.0 cm³/mol. The van der Waals surface area contributed by atoms with E-state index in [-0.39, 0.29) is 11.3 Å². The van der Waals surface area contributed by atoms with Gasteiger partial charge in [0.1, 0.15) is 5.75 Å². The Balaban J connectivity index is 2.02. The average Bonchev–Trinajstić information content (AvgIpc) is 2.61. The number of methoxy groups -OCH3 is 2. The Morgan fingerprint density at radius 3 is 2.13 bits per heavy atom. The van der Waals surface area contributed by atoms with Gasteiger partial charge in [-0.3, -0.25) is 4.79 Å². The molecule has 0 saturated carbocycles. The zero-order valence-corrected chi connectivity index (χ0v) is 13.1. The zero-order chi connectivity index (χ0) is 16.8. The summed E-state index contributed by atoms with van der Waals surface area (Å²) in [5.41, 5.74) is 0.694. The summed E-state index contributed by atoms with van der Waals surface area (Å²) >= 11 is 0. The van der Waals surface area contributed by atoms with Gasteiger partial charge in [-0.25, -0.2) is 9.78 Å². The lowest BCUT2D eigenvalue weighted by molar-refractivity contribution is 0.0318. The molecular weight excluding hydrogens is 298 g/mol. The molecule has 2 aromatic rings. The van der Waals surface area contributed by atoms with Crippen LogP contribution in [0.2, 0.25) is 0 Å². The first-order chi connectivity index (χ1) is 11.0. The van der Waals surface area contributed by atoms with Crippen molar-refractivity contribution in [1.29, 1.82) is 0 Å². The van der Waals surface area contributed by atoms with Crippen LogP contribution in [0.15, 0.2) is 42.6 Å². The van der Waals surface area contributed by atoms with Gasteiger partial charge in [0, 0.05) is 17.8 Å². The molecule has 1 heterocycles. The fraction of sp³-hybridized carbons (Fsp3) is 0.235. The van der Waals surface area contributed by atoms with Gasteiger partial charge in [-0.2, -0.15) is 0 Å². The second-order valence-electron chi connectivity index (χ2n) is 4.73. The lowest BCUT2D eigenvalue weighted by atomic mass is 10.1. The molecule has 0 radical (unpaired) electrons. The smallest absolute Gasteiger partial charge is 0.340 e. The molecular formula is C17H17NO5. The number of carbonyl (C=O) groups is 2. The van der Waals surface area contributed by atoms with E-state index in [0.29, 0.717) is 17.2 Å². The Bertz CT molecular complexity index is 679. The molecule has 0 fully saturated rings. The molecule has 0 aliphatic carbocycles. The summed E-state index contributed by atoms with van der Waals surface area (Å²) in [6.45, 7) is 1.53. The summed E-state index contributed by atoms with van der Waals surface area (Å²) in [6, 6.07) is 9.68. The maximum atomic E-state index is 12.3. The van der Waals surface area contributed by atoms with Gasteiger partial charge in [0.05, 0.1) is 19.8 Å². The molecule has 0 spiro atoms. The van der Waals surface area contributed by atoms with Crippen LogP contribution in [0.4, 0.5) is 0 Å². The Morgan fingerprint density at radius 2 is 1.61 bits per heavy atom. The monoisotopic (exact) mass is 315 g/mol. The van der Waals surface area contributed by atoms with Crippen LogP contribution in [0.3, 0.4) is 0 Å². The van der Waals surface area contributed by atoms with Gasteiger partial charge >= 0.3 is 5.97 Å². The van der Waals surface area contributed by atoms with Gasteiger partial charge in [-0.15, -0.1) is 0 Å². The number of pyridine rings is 1. The number of ether oxygens (including phenoxy) is 3. The van der Waals surface area contributed by atoms with E-state index in [4.69, 9.17) is 14.2 Å². The molecule has 6 heteroatoms. The average molecular weight is 315 g/mol. The van der Waals surface area contributed by atoms with E-state index in [1.165, 1.54) is 26.3 Å². The Kier molecular flexibility index (Phi) is 5.30. The summed E-state index contributed by atoms with van der Waals surface area (Å²) in [5.74, 6) is 0.136. The minimum atomic E-state index is -0.905. The van der Waals surface area contributed by atoms with E-state index in [1.807, 2.05) is 0 Å². The normalized spacial score (nSPS) is 11.4. The topological polar surface area (TPSA) is 74.7 Å². The van der Waals surface area contributed by atoms with Gasteiger partial charge in [0.15, 0.2) is 6.10 Å². The van der Waals surface area contributed by atoms with Crippen molar-refractivity contribution in [2.45, 2.75) is 13.0 Å². The number of hydrogen-bond donors (Lipinski definition) is 0. The van der Waals surface area contributed by atoms with E-state index in [0.717, 1.165) is 0 Å². The molecule has 23 heavy (non-hydrogen) atoms. The number of hydrogen-bond acceptors (Lipinski definition) is 6. The first-order valence-corrected chi connectivity index (χ1v) is 6.94. The third-order valence-electron chi connectivity index (χ3n) is 3.21. The number of esters is 1. The Morgan fingerprint density at radius 1 is 0.957 bits per heavy atom. The van der Waals surface area contributed by atoms with Crippen LogP contribution in [-0.2, 0) is 4.74 Å². The van der Waals surface area contributed by atoms with Crippen molar-refractivity contribution < 1.29 is 23.8 Å². The number of ketones is 1. The summed E-state index contributed by atoms with van der Waals surface area (Å²) in [5, 5.41) is 0. The van der Waals surface area contributed by atoms with Gasteiger partial charge in [0.2, 0.25) is 11.7 Å². The van der Waals surface area contributed by atoms with Crippen molar-refractivity contribution in [1.82, 2.24) is 4.98 Å². The van der Waals surface area contributed by atoms with Crippen LogP contribution in [0.1, 0.15) is 27.6 Å². The van der Waals surface area contributed by atoms with Gasteiger partial charge in [-0.1, -0.05) is 0 Å². The van der Waals surface area contributed by atoms with Crippen LogP contribution in [0.5, 0.6) is 11.6 Å². The van der Waals surface area contributed by atoms with E-state index in [2.05, 4.69) is 4.98 Å². The zero-order valence-electron chi connectivity index (χ0n) is 13.1. The molecule has 0 amide bonds. The molecule has 1 unspecified atom stereocenters. The van der Waals surface area contributed by atoms with Crippen molar-refractivity contribution in [3.05, 3.63) is 53.7 Å². The third-order valence-corrected chi connectivity index (χ3v) is 3.21. The molecule has 0 N–H and O–H groups in total. The highest BCUT2D eigenvalue weighted by Crippen LogP contribution is 2.15. The molecule has 1 aromatic carbocycles. The Hall–Kier alpha value is -2.89. The largest absolute Gasteiger partial charge is 0.497 e. The van der Waals surface area contributed by atoms with E-state index >= 15 is 0 Å². The molecule has 120 valence electrons. The van der Waals surface area contributed by atoms with Crippen LogP contribution in [-0.4, -0.2) is 37.1 Å². The molecule has 0 aliphatic heterocycles. The maximum Gasteiger partial charge on any atom is 0.340 e. The van der Waals surface area contributed by atoms with Gasteiger partial charge < -0.3 is 14.2 Å². The van der Waals surface area contributed by atoms with Crippen molar-refractivity contribution in [2.24, 2.45) is 0 Å². The summed E-state index contributed by atoms with van der Waals surface area (Å²) < 4.78 is 15.1. The standard InChI is InChI=1S/C17H17NO5/c1-11(16(19)12-4-7-14(21-2)8-5-12)23-17(20)13-6-9-15(22-3)18-10-13/h4-11H,1-3H3. The first-order valence-electron chi connectivity index (χ1n) is 6.94. The first kappa shape index (κ1) is 16.5. The van der Waals surface area contributed by atoms with Crippen LogP contribution >= 0.6 is 0 Å². The van der Waals surface area contributed by atoms with Crippen LogP contribution in [0.25, 0.3) is 0 Å². The van der Waals surface area contributed by atoms with Crippen molar-refractivity contribution in [2.75, 3.05) is 14.2 Å². The lowest BCUT2D eigenvalue weighted by Gasteiger charge is -2.12. The molecule has 2 rings (SSSR count). The molecule has 1 aromatic heterocycles. The van der Waals surface area contributed by atoms with Crippen molar-refractivity contribution >= 4 is 11.8 Å². The number of nitrogens with zero attached hydrogens (tertiary/aromatic N) is 1. The molecule has 1 atom stereocenters. The SMILES string of the molecule is COc1ccc(C(=O)C(C)OC(=O)c2ccc(OC)nc2)cc1. The third kappa shape index (κ3) is 4.06. The minimum absolute atomic E-state index is 0.250. The second kappa shape index (κ2) is 7.40. The highest BCUT2D eigenvalue weighted by Gasteiger charge is 2.20.